The third kappa shape index (κ3) is 3.84. The van der Waals surface area contributed by atoms with E-state index in [2.05, 4.69) is 31.2 Å². The molecule has 2 rings (SSSR count). The first-order valence-electron chi connectivity index (χ1n) is 6.30. The first kappa shape index (κ1) is 12.6. The summed E-state index contributed by atoms with van der Waals surface area (Å²) < 4.78 is 0.883. The van der Waals surface area contributed by atoms with E-state index < -0.39 is 0 Å². The van der Waals surface area contributed by atoms with Crippen molar-refractivity contribution in [3.63, 3.8) is 0 Å². The van der Waals surface area contributed by atoms with Crippen molar-refractivity contribution in [2.75, 3.05) is 11.1 Å². The minimum Gasteiger partial charge on any atom is -0.368 e. The van der Waals surface area contributed by atoms with Gasteiger partial charge in [0.1, 0.15) is 5.82 Å². The number of nitrogens with two attached hydrogens (primary N) is 1. The zero-order valence-electron chi connectivity index (χ0n) is 9.95. The molecule has 1 aromatic rings. The number of nitrogens with one attached hydrogen (secondary N) is 1. The van der Waals surface area contributed by atoms with Crippen molar-refractivity contribution in [1.82, 2.24) is 9.97 Å². The van der Waals surface area contributed by atoms with Gasteiger partial charge in [-0.3, -0.25) is 0 Å². The van der Waals surface area contributed by atoms with Crippen LogP contribution < -0.4 is 11.1 Å². The number of rotatable bonds is 2. The summed E-state index contributed by atoms with van der Waals surface area (Å²) in [6, 6.07) is 0.515. The number of aromatic nitrogens is 2. The molecule has 5 heteroatoms. The minimum absolute atomic E-state index is 0.321. The van der Waals surface area contributed by atoms with Gasteiger partial charge in [0.05, 0.1) is 4.47 Å². The predicted octanol–water partition coefficient (Wildman–Crippen LogP) is 3.35. The first-order chi connectivity index (χ1) is 8.25. The molecule has 0 aliphatic heterocycles. The Morgan fingerprint density at radius 1 is 1.18 bits per heavy atom. The molecule has 0 bridgehead atoms. The number of hydrogen-bond donors (Lipinski definition) is 2. The highest BCUT2D eigenvalue weighted by Crippen LogP contribution is 2.24. The average Bonchev–Trinajstić information content (AvgIpc) is 2.27. The van der Waals surface area contributed by atoms with Gasteiger partial charge in [-0.25, -0.2) is 4.98 Å². The fourth-order valence-corrected chi connectivity index (χ4v) is 2.58. The van der Waals surface area contributed by atoms with Gasteiger partial charge in [0.25, 0.3) is 0 Å². The van der Waals surface area contributed by atoms with Gasteiger partial charge in [0.15, 0.2) is 0 Å². The predicted molar refractivity (Wildman–Crippen MR) is 73.9 cm³/mol. The Morgan fingerprint density at radius 3 is 2.53 bits per heavy atom. The van der Waals surface area contributed by atoms with Crippen LogP contribution in [0.25, 0.3) is 0 Å². The summed E-state index contributed by atoms with van der Waals surface area (Å²) >= 11 is 3.45. The Hall–Kier alpha value is -0.840. The van der Waals surface area contributed by atoms with Crippen LogP contribution in [0.2, 0.25) is 0 Å². The van der Waals surface area contributed by atoms with Crippen molar-refractivity contribution in [3.8, 4) is 0 Å². The Labute approximate surface area is 111 Å². The van der Waals surface area contributed by atoms with Gasteiger partial charge >= 0.3 is 0 Å². The lowest BCUT2D eigenvalue weighted by molar-refractivity contribution is 0.470. The van der Waals surface area contributed by atoms with Gasteiger partial charge in [0, 0.05) is 12.2 Å². The van der Waals surface area contributed by atoms with Crippen molar-refractivity contribution >= 4 is 27.7 Å². The van der Waals surface area contributed by atoms with Gasteiger partial charge in [-0.15, -0.1) is 0 Å². The number of anilines is 2. The molecule has 1 heterocycles. The lowest BCUT2D eigenvalue weighted by Gasteiger charge is -2.22. The Bertz CT molecular complexity index is 362. The lowest BCUT2D eigenvalue weighted by Crippen LogP contribution is -2.21. The molecule has 0 amide bonds. The van der Waals surface area contributed by atoms with Crippen LogP contribution in [0.3, 0.4) is 0 Å². The topological polar surface area (TPSA) is 63.8 Å². The van der Waals surface area contributed by atoms with E-state index in [1.165, 1.54) is 44.9 Å². The van der Waals surface area contributed by atoms with Crippen LogP contribution in [0.15, 0.2) is 10.7 Å². The molecule has 1 fully saturated rings. The van der Waals surface area contributed by atoms with Crippen molar-refractivity contribution in [3.05, 3.63) is 10.7 Å². The van der Waals surface area contributed by atoms with Crippen molar-refractivity contribution in [2.45, 2.75) is 51.0 Å². The maximum Gasteiger partial charge on any atom is 0.221 e. The zero-order chi connectivity index (χ0) is 12.1. The van der Waals surface area contributed by atoms with E-state index in [0.29, 0.717) is 12.0 Å². The second-order valence-corrected chi connectivity index (χ2v) is 5.47. The van der Waals surface area contributed by atoms with E-state index in [-0.39, 0.29) is 0 Å². The first-order valence-corrected chi connectivity index (χ1v) is 7.09. The van der Waals surface area contributed by atoms with Crippen LogP contribution in [0.1, 0.15) is 44.9 Å². The maximum atomic E-state index is 5.61. The summed E-state index contributed by atoms with van der Waals surface area (Å²) in [5, 5.41) is 3.48. The monoisotopic (exact) mass is 298 g/mol. The molecule has 0 atom stereocenters. The lowest BCUT2D eigenvalue weighted by atomic mass is 9.97. The average molecular weight is 299 g/mol. The van der Waals surface area contributed by atoms with Crippen LogP contribution in [0.5, 0.6) is 0 Å². The summed E-state index contributed by atoms with van der Waals surface area (Å²) in [5.74, 6) is 1.14. The fourth-order valence-electron chi connectivity index (χ4n) is 2.28. The largest absolute Gasteiger partial charge is 0.368 e. The van der Waals surface area contributed by atoms with Gasteiger partial charge < -0.3 is 11.1 Å². The molecule has 1 aliphatic carbocycles. The molecule has 0 unspecified atom stereocenters. The molecular formula is C12H19BrN4. The van der Waals surface area contributed by atoms with E-state index in [9.17, 15) is 0 Å². The van der Waals surface area contributed by atoms with Crippen molar-refractivity contribution in [1.29, 1.82) is 0 Å². The highest BCUT2D eigenvalue weighted by molar-refractivity contribution is 9.10. The molecule has 0 spiro atoms. The molecule has 1 aromatic heterocycles. The van der Waals surface area contributed by atoms with Gasteiger partial charge in [-0.2, -0.15) is 4.98 Å². The smallest absolute Gasteiger partial charge is 0.221 e. The second-order valence-electron chi connectivity index (χ2n) is 4.61. The van der Waals surface area contributed by atoms with Gasteiger partial charge in [-0.05, 0) is 28.8 Å². The van der Waals surface area contributed by atoms with Crippen LogP contribution in [-0.4, -0.2) is 16.0 Å². The van der Waals surface area contributed by atoms with Crippen molar-refractivity contribution < 1.29 is 0 Å². The van der Waals surface area contributed by atoms with Crippen LogP contribution in [-0.2, 0) is 0 Å². The molecule has 0 saturated heterocycles. The fraction of sp³-hybridized carbons (Fsp3) is 0.667. The van der Waals surface area contributed by atoms with Crippen LogP contribution in [0, 0.1) is 0 Å². The highest BCUT2D eigenvalue weighted by Gasteiger charge is 2.13. The molecule has 4 nitrogen and oxygen atoms in total. The van der Waals surface area contributed by atoms with Gasteiger partial charge in [-0.1, -0.05) is 32.1 Å². The third-order valence-electron chi connectivity index (χ3n) is 3.21. The summed E-state index contributed by atoms with van der Waals surface area (Å²) in [6.45, 7) is 0. The van der Waals surface area contributed by atoms with Gasteiger partial charge in [0.2, 0.25) is 5.95 Å². The molecule has 1 aliphatic rings. The van der Waals surface area contributed by atoms with E-state index in [1.54, 1.807) is 6.20 Å². The molecule has 0 radical (unpaired) electrons. The van der Waals surface area contributed by atoms with E-state index in [0.717, 1.165) is 10.3 Å². The summed E-state index contributed by atoms with van der Waals surface area (Å²) in [5.41, 5.74) is 5.61. The Morgan fingerprint density at radius 2 is 1.82 bits per heavy atom. The summed E-state index contributed by atoms with van der Waals surface area (Å²) in [7, 11) is 0. The normalized spacial score (nSPS) is 18.4. The van der Waals surface area contributed by atoms with Crippen LogP contribution in [0.4, 0.5) is 11.8 Å². The summed E-state index contributed by atoms with van der Waals surface area (Å²) in [4.78, 5) is 8.18. The third-order valence-corrected chi connectivity index (χ3v) is 3.79. The highest BCUT2D eigenvalue weighted by atomic mass is 79.9. The molecule has 1 saturated carbocycles. The standard InChI is InChI=1S/C12H19BrN4/c13-10-8-15-12(14)17-11(10)16-9-6-4-2-1-3-5-7-9/h8-9H,1-7H2,(H3,14,15,16,17). The summed E-state index contributed by atoms with van der Waals surface area (Å²) in [6.07, 6.45) is 10.8. The SMILES string of the molecule is Nc1ncc(Br)c(NC2CCCCCCC2)n1. The Balaban J connectivity index is 2.00. The molecule has 94 valence electrons. The molecular weight excluding hydrogens is 280 g/mol. The maximum absolute atomic E-state index is 5.61. The molecule has 0 aromatic carbocycles. The van der Waals surface area contributed by atoms with E-state index in [4.69, 9.17) is 5.73 Å². The number of nitrogens with zero attached hydrogens (tertiary/aromatic N) is 2. The second kappa shape index (κ2) is 6.19. The minimum atomic E-state index is 0.321. The van der Waals surface area contributed by atoms with E-state index in [1.807, 2.05) is 0 Å². The van der Waals surface area contributed by atoms with E-state index >= 15 is 0 Å². The Kier molecular flexibility index (Phi) is 4.59. The van der Waals surface area contributed by atoms with Crippen LogP contribution >= 0.6 is 15.9 Å². The quantitative estimate of drug-likeness (QED) is 0.879. The number of halogens is 1. The van der Waals surface area contributed by atoms with Crippen molar-refractivity contribution in [2.24, 2.45) is 0 Å². The zero-order valence-corrected chi connectivity index (χ0v) is 11.5. The number of hydrogen-bond acceptors (Lipinski definition) is 4. The molecule has 17 heavy (non-hydrogen) atoms. The number of nitrogen functional groups attached to an aromatic ring is 1. The molecule has 3 N–H and O–H groups in total.